The standard InChI is InChI=1S/C33H27BrN4O/c1-23(24-13-17-27(34)18-14-24)38-32(21-31(35-38)25-15-19-29(39-2)20-16-25)30-22-37(28-11-7-4-8-12-28)36-33(30)26-9-5-3-6-10-26/h3-20,22,32H,1,21H2,2H3/t32-/m1/s1. The Bertz CT molecular complexity index is 1630. The molecular weight excluding hydrogens is 548 g/mol. The van der Waals surface area contributed by atoms with Crippen molar-refractivity contribution < 1.29 is 4.74 Å². The van der Waals surface area contributed by atoms with Gasteiger partial charge >= 0.3 is 0 Å². The molecule has 0 spiro atoms. The van der Waals surface area contributed by atoms with E-state index < -0.39 is 0 Å². The molecule has 0 fully saturated rings. The first-order chi connectivity index (χ1) is 19.1. The number of hydrogen-bond donors (Lipinski definition) is 0. The number of benzene rings is 4. The first kappa shape index (κ1) is 24.9. The maximum atomic E-state index is 5.38. The minimum Gasteiger partial charge on any atom is -0.497 e. The molecule has 192 valence electrons. The van der Waals surface area contributed by atoms with Crippen LogP contribution < -0.4 is 4.74 Å². The van der Waals surface area contributed by atoms with Gasteiger partial charge < -0.3 is 4.74 Å². The number of aromatic nitrogens is 2. The lowest BCUT2D eigenvalue weighted by molar-refractivity contribution is 0.351. The van der Waals surface area contributed by atoms with Crippen molar-refractivity contribution in [1.82, 2.24) is 14.8 Å². The highest BCUT2D eigenvalue weighted by molar-refractivity contribution is 9.10. The lowest BCUT2D eigenvalue weighted by Crippen LogP contribution is -2.18. The van der Waals surface area contributed by atoms with Crippen molar-refractivity contribution in [3.8, 4) is 22.7 Å². The van der Waals surface area contributed by atoms with Crippen molar-refractivity contribution in [3.05, 3.63) is 143 Å². The van der Waals surface area contributed by atoms with Crippen LogP contribution in [0.25, 0.3) is 22.6 Å². The van der Waals surface area contributed by atoms with Crippen LogP contribution in [0.1, 0.15) is 29.2 Å². The Labute approximate surface area is 236 Å². The number of methoxy groups -OCH3 is 1. The molecule has 5 nitrogen and oxygen atoms in total. The quantitative estimate of drug-likeness (QED) is 0.197. The third-order valence-corrected chi connectivity index (χ3v) is 7.49. The van der Waals surface area contributed by atoms with Crippen LogP contribution in [0, 0.1) is 0 Å². The highest BCUT2D eigenvalue weighted by atomic mass is 79.9. The monoisotopic (exact) mass is 574 g/mol. The highest BCUT2D eigenvalue weighted by Crippen LogP contribution is 2.42. The number of hydrazone groups is 1. The van der Waals surface area contributed by atoms with Crippen LogP contribution in [-0.4, -0.2) is 27.6 Å². The largest absolute Gasteiger partial charge is 0.497 e. The van der Waals surface area contributed by atoms with Gasteiger partial charge in [-0.2, -0.15) is 10.2 Å². The molecule has 2 heterocycles. The molecule has 0 radical (unpaired) electrons. The Morgan fingerprint density at radius 3 is 2.18 bits per heavy atom. The van der Waals surface area contributed by atoms with E-state index in [-0.39, 0.29) is 6.04 Å². The van der Waals surface area contributed by atoms with E-state index in [1.165, 1.54) is 0 Å². The van der Waals surface area contributed by atoms with Crippen LogP contribution >= 0.6 is 15.9 Å². The summed E-state index contributed by atoms with van der Waals surface area (Å²) in [5.41, 5.74) is 8.00. The van der Waals surface area contributed by atoms with Gasteiger partial charge in [0.05, 0.1) is 35.9 Å². The van der Waals surface area contributed by atoms with Crippen LogP contribution in [0.15, 0.2) is 132 Å². The molecular formula is C33H27BrN4O. The topological polar surface area (TPSA) is 42.6 Å². The molecule has 1 aliphatic heterocycles. The van der Waals surface area contributed by atoms with Gasteiger partial charge in [0.15, 0.2) is 0 Å². The number of ether oxygens (including phenoxy) is 1. The minimum absolute atomic E-state index is 0.0917. The lowest BCUT2D eigenvalue weighted by atomic mass is 9.96. The van der Waals surface area contributed by atoms with E-state index in [0.717, 1.165) is 55.3 Å². The van der Waals surface area contributed by atoms with Crippen molar-refractivity contribution in [2.24, 2.45) is 5.10 Å². The number of para-hydroxylation sites is 1. The van der Waals surface area contributed by atoms with Gasteiger partial charge in [-0.1, -0.05) is 83.2 Å². The van der Waals surface area contributed by atoms with Crippen LogP contribution in [-0.2, 0) is 0 Å². The van der Waals surface area contributed by atoms with Crippen LogP contribution in [0.5, 0.6) is 5.75 Å². The van der Waals surface area contributed by atoms with Crippen molar-refractivity contribution in [2.75, 3.05) is 7.11 Å². The molecule has 0 amide bonds. The fourth-order valence-electron chi connectivity index (χ4n) is 4.90. The SMILES string of the molecule is C=C(c1ccc(Br)cc1)N1N=C(c2ccc(OC)cc2)C[C@@H]1c1cn(-c2ccccc2)nc1-c1ccccc1. The van der Waals surface area contributed by atoms with Gasteiger partial charge in [0, 0.05) is 28.2 Å². The summed E-state index contributed by atoms with van der Waals surface area (Å²) in [6.07, 6.45) is 2.85. The molecule has 1 atom stereocenters. The summed E-state index contributed by atoms with van der Waals surface area (Å²) in [6.45, 7) is 4.49. The number of nitrogens with zero attached hydrogens (tertiary/aromatic N) is 4. The molecule has 5 aromatic rings. The summed E-state index contributed by atoms with van der Waals surface area (Å²) in [5.74, 6) is 0.820. The second kappa shape index (κ2) is 10.8. The predicted octanol–water partition coefficient (Wildman–Crippen LogP) is 8.13. The fraction of sp³-hybridized carbons (Fsp3) is 0.0909. The highest BCUT2D eigenvalue weighted by Gasteiger charge is 2.34. The van der Waals surface area contributed by atoms with Crippen LogP contribution in [0.3, 0.4) is 0 Å². The second-order valence-electron chi connectivity index (χ2n) is 9.37. The molecule has 4 aromatic carbocycles. The summed E-state index contributed by atoms with van der Waals surface area (Å²) >= 11 is 3.55. The second-order valence-corrected chi connectivity index (χ2v) is 10.3. The van der Waals surface area contributed by atoms with Crippen LogP contribution in [0.2, 0.25) is 0 Å². The molecule has 1 aromatic heterocycles. The maximum Gasteiger partial charge on any atom is 0.118 e. The Balaban J connectivity index is 1.47. The Hall–Kier alpha value is -4.42. The van der Waals surface area contributed by atoms with E-state index >= 15 is 0 Å². The van der Waals surface area contributed by atoms with E-state index in [9.17, 15) is 0 Å². The number of rotatable bonds is 7. The first-order valence-corrected chi connectivity index (χ1v) is 13.6. The van der Waals surface area contributed by atoms with Gasteiger partial charge in [0.1, 0.15) is 5.75 Å². The van der Waals surface area contributed by atoms with Gasteiger partial charge in [0.2, 0.25) is 0 Å². The molecule has 0 saturated carbocycles. The van der Waals surface area contributed by atoms with E-state index in [2.05, 4.69) is 82.2 Å². The normalized spacial score (nSPS) is 14.8. The van der Waals surface area contributed by atoms with Gasteiger partial charge in [-0.25, -0.2) is 4.68 Å². The number of halogens is 1. The van der Waals surface area contributed by atoms with E-state index in [1.54, 1.807) is 7.11 Å². The zero-order chi connectivity index (χ0) is 26.8. The van der Waals surface area contributed by atoms with Crippen molar-refractivity contribution in [1.29, 1.82) is 0 Å². The zero-order valence-corrected chi connectivity index (χ0v) is 23.1. The summed E-state index contributed by atoms with van der Waals surface area (Å²) in [4.78, 5) is 0. The summed E-state index contributed by atoms with van der Waals surface area (Å²) in [6, 6.07) is 36.7. The maximum absolute atomic E-state index is 5.38. The Morgan fingerprint density at radius 2 is 1.51 bits per heavy atom. The molecule has 6 heteroatoms. The zero-order valence-electron chi connectivity index (χ0n) is 21.5. The van der Waals surface area contributed by atoms with Gasteiger partial charge in [-0.05, 0) is 59.7 Å². The lowest BCUT2D eigenvalue weighted by Gasteiger charge is -2.25. The summed E-state index contributed by atoms with van der Waals surface area (Å²) in [5, 5.41) is 12.3. The molecule has 0 aliphatic carbocycles. The molecule has 0 saturated heterocycles. The minimum atomic E-state index is -0.0917. The van der Waals surface area contributed by atoms with Crippen molar-refractivity contribution in [3.63, 3.8) is 0 Å². The van der Waals surface area contributed by atoms with Gasteiger partial charge in [-0.3, -0.25) is 5.01 Å². The predicted molar refractivity (Wildman–Crippen MR) is 161 cm³/mol. The molecule has 0 N–H and O–H groups in total. The summed E-state index contributed by atoms with van der Waals surface area (Å²) in [7, 11) is 1.68. The Morgan fingerprint density at radius 1 is 0.846 bits per heavy atom. The average molecular weight is 576 g/mol. The molecule has 0 unspecified atom stereocenters. The average Bonchev–Trinajstić information content (AvgIpc) is 3.64. The van der Waals surface area contributed by atoms with E-state index in [1.807, 2.05) is 65.3 Å². The van der Waals surface area contributed by atoms with E-state index in [4.69, 9.17) is 14.9 Å². The third-order valence-electron chi connectivity index (χ3n) is 6.96. The molecule has 0 bridgehead atoms. The molecule has 39 heavy (non-hydrogen) atoms. The smallest absolute Gasteiger partial charge is 0.118 e. The van der Waals surface area contributed by atoms with Crippen molar-refractivity contribution >= 4 is 27.3 Å². The molecule has 1 aliphatic rings. The van der Waals surface area contributed by atoms with Gasteiger partial charge in [0.25, 0.3) is 0 Å². The van der Waals surface area contributed by atoms with Crippen molar-refractivity contribution in [2.45, 2.75) is 12.5 Å². The molecule has 6 rings (SSSR count). The Kier molecular flexibility index (Phi) is 6.86. The fourth-order valence-corrected chi connectivity index (χ4v) is 5.16. The first-order valence-electron chi connectivity index (χ1n) is 12.8. The third kappa shape index (κ3) is 5.03. The van der Waals surface area contributed by atoms with E-state index in [0.29, 0.717) is 6.42 Å². The number of hydrogen-bond acceptors (Lipinski definition) is 4. The van der Waals surface area contributed by atoms with Gasteiger partial charge in [-0.15, -0.1) is 0 Å². The van der Waals surface area contributed by atoms with Crippen LogP contribution in [0.4, 0.5) is 0 Å². The summed E-state index contributed by atoms with van der Waals surface area (Å²) < 4.78 is 8.36.